The van der Waals surface area contributed by atoms with Gasteiger partial charge in [-0.3, -0.25) is 9.69 Å². The Hall–Kier alpha value is -1.35. The molecule has 0 N–H and O–H groups in total. The van der Waals surface area contributed by atoms with E-state index in [1.807, 2.05) is 18.2 Å². The van der Waals surface area contributed by atoms with Crippen molar-refractivity contribution >= 4 is 5.91 Å². The van der Waals surface area contributed by atoms with E-state index in [4.69, 9.17) is 0 Å². The van der Waals surface area contributed by atoms with Crippen molar-refractivity contribution in [2.75, 3.05) is 26.2 Å². The summed E-state index contributed by atoms with van der Waals surface area (Å²) in [5, 5.41) is 0. The van der Waals surface area contributed by atoms with Gasteiger partial charge in [0, 0.05) is 13.1 Å². The van der Waals surface area contributed by atoms with E-state index in [0.29, 0.717) is 0 Å². The molecule has 1 aromatic rings. The summed E-state index contributed by atoms with van der Waals surface area (Å²) in [5.74, 6) is 0.284. The first-order valence-electron chi connectivity index (χ1n) is 8.35. The summed E-state index contributed by atoms with van der Waals surface area (Å²) in [4.78, 5) is 17.4. The second-order valence-electron chi connectivity index (χ2n) is 5.77. The predicted octanol–water partition coefficient (Wildman–Crippen LogP) is 3.47. The topological polar surface area (TPSA) is 23.6 Å². The Labute approximate surface area is 128 Å². The molecule has 21 heavy (non-hydrogen) atoms. The summed E-state index contributed by atoms with van der Waals surface area (Å²) in [5.41, 5.74) is 1.12. The Morgan fingerprint density at radius 2 is 1.62 bits per heavy atom. The van der Waals surface area contributed by atoms with Crippen molar-refractivity contribution in [2.24, 2.45) is 0 Å². The molecule has 1 aliphatic heterocycles. The predicted molar refractivity (Wildman–Crippen MR) is 87.2 cm³/mol. The summed E-state index contributed by atoms with van der Waals surface area (Å²) in [6.07, 6.45) is 4.80. The van der Waals surface area contributed by atoms with Gasteiger partial charge in [0.2, 0.25) is 5.91 Å². The van der Waals surface area contributed by atoms with Crippen LogP contribution in [0.5, 0.6) is 0 Å². The summed E-state index contributed by atoms with van der Waals surface area (Å²) in [7, 11) is 0. The third-order valence-electron chi connectivity index (χ3n) is 4.44. The van der Waals surface area contributed by atoms with Gasteiger partial charge in [0.25, 0.3) is 0 Å². The number of rotatable bonds is 5. The van der Waals surface area contributed by atoms with E-state index >= 15 is 0 Å². The molecule has 0 bridgehead atoms. The van der Waals surface area contributed by atoms with E-state index in [-0.39, 0.29) is 11.9 Å². The lowest BCUT2D eigenvalue weighted by atomic mass is 10.0. The maximum absolute atomic E-state index is 13.1. The van der Waals surface area contributed by atoms with E-state index in [1.165, 1.54) is 12.8 Å². The molecule has 2 rings (SSSR count). The van der Waals surface area contributed by atoms with Crippen LogP contribution < -0.4 is 0 Å². The highest BCUT2D eigenvalue weighted by Gasteiger charge is 2.29. The molecular weight excluding hydrogens is 260 g/mol. The average molecular weight is 288 g/mol. The second kappa shape index (κ2) is 8.18. The fourth-order valence-electron chi connectivity index (χ4n) is 3.20. The Balaban J connectivity index is 2.23. The minimum Gasteiger partial charge on any atom is -0.341 e. The van der Waals surface area contributed by atoms with Gasteiger partial charge in [0.05, 0.1) is 0 Å². The maximum atomic E-state index is 13.1. The fourth-order valence-corrected chi connectivity index (χ4v) is 3.20. The normalized spacial score (nSPS) is 17.6. The van der Waals surface area contributed by atoms with Crippen LogP contribution in [0.1, 0.15) is 51.1 Å². The fraction of sp³-hybridized carbons (Fsp3) is 0.611. The van der Waals surface area contributed by atoms with E-state index < -0.39 is 0 Å². The van der Waals surface area contributed by atoms with Gasteiger partial charge in [-0.05, 0) is 31.5 Å². The van der Waals surface area contributed by atoms with Gasteiger partial charge < -0.3 is 4.90 Å². The highest BCUT2D eigenvalue weighted by atomic mass is 16.2. The van der Waals surface area contributed by atoms with Crippen molar-refractivity contribution in [1.29, 1.82) is 0 Å². The lowest BCUT2D eigenvalue weighted by molar-refractivity contribution is -0.137. The van der Waals surface area contributed by atoms with Crippen molar-refractivity contribution in [3.05, 3.63) is 35.9 Å². The van der Waals surface area contributed by atoms with Crippen LogP contribution in [0.25, 0.3) is 0 Å². The number of hydrogen-bond donors (Lipinski definition) is 0. The van der Waals surface area contributed by atoms with Crippen molar-refractivity contribution in [3.8, 4) is 0 Å². The SMILES string of the molecule is CCN(CC)C(C(=O)N1CCCCCC1)c1ccccc1. The Morgan fingerprint density at radius 1 is 1.05 bits per heavy atom. The summed E-state index contributed by atoms with van der Waals surface area (Å²) in [6.45, 7) is 7.91. The van der Waals surface area contributed by atoms with Crippen molar-refractivity contribution in [2.45, 2.75) is 45.6 Å². The first-order valence-corrected chi connectivity index (χ1v) is 8.35. The van der Waals surface area contributed by atoms with Crippen LogP contribution >= 0.6 is 0 Å². The lowest BCUT2D eigenvalue weighted by Crippen LogP contribution is -2.43. The van der Waals surface area contributed by atoms with E-state index in [9.17, 15) is 4.79 Å². The number of amides is 1. The van der Waals surface area contributed by atoms with Gasteiger partial charge in [0.15, 0.2) is 0 Å². The highest BCUT2D eigenvalue weighted by molar-refractivity contribution is 5.83. The van der Waals surface area contributed by atoms with Crippen LogP contribution in [0.4, 0.5) is 0 Å². The molecule has 0 aromatic heterocycles. The van der Waals surface area contributed by atoms with E-state index in [0.717, 1.165) is 44.6 Å². The summed E-state index contributed by atoms with van der Waals surface area (Å²) >= 11 is 0. The smallest absolute Gasteiger partial charge is 0.244 e. The molecule has 3 nitrogen and oxygen atoms in total. The average Bonchev–Trinajstić information content (AvgIpc) is 2.82. The first kappa shape index (κ1) is 16.0. The zero-order valence-electron chi connectivity index (χ0n) is 13.4. The molecule has 1 fully saturated rings. The molecule has 0 radical (unpaired) electrons. The number of likely N-dealkylation sites (tertiary alicyclic amines) is 1. The molecular formula is C18H28N2O. The lowest BCUT2D eigenvalue weighted by Gasteiger charge is -2.33. The van der Waals surface area contributed by atoms with Crippen LogP contribution in [0.2, 0.25) is 0 Å². The third kappa shape index (κ3) is 4.07. The first-order chi connectivity index (χ1) is 10.3. The number of nitrogens with zero attached hydrogens (tertiary/aromatic N) is 2. The quantitative estimate of drug-likeness (QED) is 0.828. The molecule has 1 unspecified atom stereocenters. The number of benzene rings is 1. The van der Waals surface area contributed by atoms with Crippen molar-refractivity contribution in [3.63, 3.8) is 0 Å². The molecule has 1 saturated heterocycles. The van der Waals surface area contributed by atoms with Crippen LogP contribution in [-0.4, -0.2) is 41.9 Å². The minimum atomic E-state index is -0.126. The molecule has 3 heteroatoms. The van der Waals surface area contributed by atoms with Gasteiger partial charge in [-0.2, -0.15) is 0 Å². The van der Waals surface area contributed by atoms with Crippen LogP contribution in [0.15, 0.2) is 30.3 Å². The molecule has 0 aliphatic carbocycles. The second-order valence-corrected chi connectivity index (χ2v) is 5.77. The zero-order chi connectivity index (χ0) is 15.1. The standard InChI is InChI=1S/C18H28N2O/c1-3-19(4-2)17(16-12-8-7-9-13-16)18(21)20-14-10-5-6-11-15-20/h7-9,12-13,17H,3-6,10-11,14-15H2,1-2H3. The zero-order valence-corrected chi connectivity index (χ0v) is 13.4. The number of carbonyl (C=O) groups is 1. The van der Waals surface area contributed by atoms with Crippen LogP contribution in [0, 0.1) is 0 Å². The van der Waals surface area contributed by atoms with Gasteiger partial charge in [0.1, 0.15) is 6.04 Å². The molecule has 1 atom stereocenters. The van der Waals surface area contributed by atoms with Gasteiger partial charge in [-0.25, -0.2) is 0 Å². The van der Waals surface area contributed by atoms with E-state index in [2.05, 4.69) is 35.8 Å². The molecule has 1 amide bonds. The van der Waals surface area contributed by atoms with Gasteiger partial charge in [-0.1, -0.05) is 57.0 Å². The minimum absolute atomic E-state index is 0.126. The van der Waals surface area contributed by atoms with Gasteiger partial charge in [-0.15, -0.1) is 0 Å². The number of likely N-dealkylation sites (N-methyl/N-ethyl adjacent to an activating group) is 1. The van der Waals surface area contributed by atoms with E-state index in [1.54, 1.807) is 0 Å². The monoisotopic (exact) mass is 288 g/mol. The van der Waals surface area contributed by atoms with Crippen LogP contribution in [-0.2, 0) is 4.79 Å². The molecule has 1 heterocycles. The van der Waals surface area contributed by atoms with Crippen molar-refractivity contribution in [1.82, 2.24) is 9.80 Å². The molecule has 0 saturated carbocycles. The Morgan fingerprint density at radius 3 is 2.14 bits per heavy atom. The molecule has 1 aliphatic rings. The molecule has 116 valence electrons. The van der Waals surface area contributed by atoms with Crippen LogP contribution in [0.3, 0.4) is 0 Å². The number of carbonyl (C=O) groups excluding carboxylic acids is 1. The maximum Gasteiger partial charge on any atom is 0.244 e. The number of hydrogen-bond acceptors (Lipinski definition) is 2. The molecule has 0 spiro atoms. The highest BCUT2D eigenvalue weighted by Crippen LogP contribution is 2.24. The largest absolute Gasteiger partial charge is 0.341 e. The third-order valence-corrected chi connectivity index (χ3v) is 4.44. The Bertz CT molecular complexity index is 420. The van der Waals surface area contributed by atoms with Crippen molar-refractivity contribution < 1.29 is 4.79 Å². The van der Waals surface area contributed by atoms with Gasteiger partial charge >= 0.3 is 0 Å². The molecule has 1 aromatic carbocycles. The summed E-state index contributed by atoms with van der Waals surface area (Å²) in [6, 6.07) is 10.1. The Kier molecular flexibility index (Phi) is 6.24. The summed E-state index contributed by atoms with van der Waals surface area (Å²) < 4.78 is 0.